The molecule has 0 bridgehead atoms. The summed E-state index contributed by atoms with van der Waals surface area (Å²) in [6.45, 7) is 5.36. The van der Waals surface area contributed by atoms with Crippen LogP contribution in [0.25, 0.3) is 0 Å². The average Bonchev–Trinajstić information content (AvgIpc) is 2.51. The van der Waals surface area contributed by atoms with Crippen LogP contribution in [0.15, 0.2) is 29.6 Å². The minimum Gasteiger partial charge on any atom is -0.321 e. The molecule has 1 heterocycles. The third kappa shape index (κ3) is 3.86. The summed E-state index contributed by atoms with van der Waals surface area (Å²) in [6, 6.07) is 5.44. The second-order valence-corrected chi connectivity index (χ2v) is 7.58. The quantitative estimate of drug-likeness (QED) is 0.854. The van der Waals surface area contributed by atoms with Crippen molar-refractivity contribution < 1.29 is 13.2 Å². The summed E-state index contributed by atoms with van der Waals surface area (Å²) in [5.41, 5.74) is 2.52. The second kappa shape index (κ2) is 6.64. The Morgan fingerprint density at radius 1 is 1.26 bits per heavy atom. The predicted molar refractivity (Wildman–Crippen MR) is 88.6 cm³/mol. The van der Waals surface area contributed by atoms with Crippen LogP contribution in [0.3, 0.4) is 0 Å². The third-order valence-electron chi connectivity index (χ3n) is 3.36. The molecule has 0 aliphatic carbocycles. The molecule has 2 rings (SSSR count). The van der Waals surface area contributed by atoms with E-state index in [9.17, 15) is 13.2 Å². The molecule has 122 valence electrons. The summed E-state index contributed by atoms with van der Waals surface area (Å²) in [5.74, 6) is -0.749. The highest BCUT2D eigenvalue weighted by Crippen LogP contribution is 2.19. The molecule has 0 aliphatic rings. The molecule has 2 aromatic rings. The maximum absolute atomic E-state index is 12.3. The first-order valence-electron chi connectivity index (χ1n) is 6.88. The minimum atomic E-state index is -3.62. The molecule has 0 saturated carbocycles. The van der Waals surface area contributed by atoms with Gasteiger partial charge in [-0.05, 0) is 37.1 Å². The number of benzene rings is 1. The summed E-state index contributed by atoms with van der Waals surface area (Å²) >= 11 is 5.93. The van der Waals surface area contributed by atoms with Gasteiger partial charge in [-0.3, -0.25) is 4.79 Å². The summed E-state index contributed by atoms with van der Waals surface area (Å²) < 4.78 is 23.7. The second-order valence-electron chi connectivity index (χ2n) is 5.01. The number of carbonyl (C=O) groups is 1. The van der Waals surface area contributed by atoms with E-state index >= 15 is 0 Å². The first-order chi connectivity index (χ1) is 10.7. The smallest absolute Gasteiger partial charge is 0.275 e. The summed E-state index contributed by atoms with van der Waals surface area (Å²) in [6.07, 6.45) is 1.12. The number of amides is 1. The monoisotopic (exact) mass is 353 g/mol. The summed E-state index contributed by atoms with van der Waals surface area (Å²) in [7, 11) is -3.62. The number of rotatable bonds is 4. The molecule has 1 amide bonds. The van der Waals surface area contributed by atoms with Gasteiger partial charge in [0.15, 0.2) is 5.69 Å². The molecule has 0 atom stereocenters. The fraction of sp³-hybridized carbons (Fsp3) is 0.267. The molecular formula is C15H16ClN3O3S. The van der Waals surface area contributed by atoms with Gasteiger partial charge in [0, 0.05) is 5.69 Å². The van der Waals surface area contributed by atoms with Crippen molar-refractivity contribution in [1.82, 2.24) is 9.97 Å². The van der Waals surface area contributed by atoms with Gasteiger partial charge in [-0.25, -0.2) is 18.4 Å². The molecule has 0 radical (unpaired) electrons. The summed E-state index contributed by atoms with van der Waals surface area (Å²) in [4.78, 5) is 19.8. The molecule has 0 saturated heterocycles. The van der Waals surface area contributed by atoms with Crippen LogP contribution in [0.4, 0.5) is 5.69 Å². The van der Waals surface area contributed by atoms with Gasteiger partial charge in [-0.1, -0.05) is 24.6 Å². The lowest BCUT2D eigenvalue weighted by Crippen LogP contribution is -2.18. The lowest BCUT2D eigenvalue weighted by atomic mass is 10.1. The van der Waals surface area contributed by atoms with Crippen molar-refractivity contribution in [3.8, 4) is 0 Å². The fourth-order valence-corrected chi connectivity index (χ4v) is 2.68. The Morgan fingerprint density at radius 2 is 1.96 bits per heavy atom. The highest BCUT2D eigenvalue weighted by atomic mass is 35.5. The number of aromatic nitrogens is 2. The molecule has 1 aromatic carbocycles. The van der Waals surface area contributed by atoms with Crippen LogP contribution in [0.2, 0.25) is 5.02 Å². The SMILES string of the molecule is CCS(=O)(=O)c1ncc(Cl)c(C(=O)Nc2ccc(C)c(C)c2)n1. The Morgan fingerprint density at radius 3 is 2.57 bits per heavy atom. The molecule has 0 fully saturated rings. The number of halogens is 1. The number of nitrogens with one attached hydrogen (secondary N) is 1. The normalized spacial score (nSPS) is 11.3. The molecule has 23 heavy (non-hydrogen) atoms. The zero-order valence-electron chi connectivity index (χ0n) is 12.9. The number of hydrogen-bond acceptors (Lipinski definition) is 5. The van der Waals surface area contributed by atoms with Gasteiger partial charge in [0.25, 0.3) is 5.91 Å². The topological polar surface area (TPSA) is 89.0 Å². The fourth-order valence-electron chi connectivity index (χ4n) is 1.80. The third-order valence-corrected chi connectivity index (χ3v) is 5.15. The van der Waals surface area contributed by atoms with E-state index in [1.165, 1.54) is 6.92 Å². The number of hydrogen-bond donors (Lipinski definition) is 1. The molecule has 0 spiro atoms. The van der Waals surface area contributed by atoms with E-state index in [2.05, 4.69) is 15.3 Å². The molecule has 1 aromatic heterocycles. The highest BCUT2D eigenvalue weighted by Gasteiger charge is 2.21. The zero-order chi connectivity index (χ0) is 17.2. The van der Waals surface area contributed by atoms with E-state index in [0.717, 1.165) is 17.3 Å². The van der Waals surface area contributed by atoms with E-state index in [1.54, 1.807) is 6.07 Å². The first kappa shape index (κ1) is 17.4. The lowest BCUT2D eigenvalue weighted by Gasteiger charge is -2.09. The zero-order valence-corrected chi connectivity index (χ0v) is 14.5. The number of anilines is 1. The number of sulfone groups is 1. The van der Waals surface area contributed by atoms with Crippen LogP contribution in [0, 0.1) is 13.8 Å². The van der Waals surface area contributed by atoms with E-state index < -0.39 is 20.9 Å². The maximum Gasteiger partial charge on any atom is 0.275 e. The van der Waals surface area contributed by atoms with Crippen molar-refractivity contribution in [3.05, 3.63) is 46.2 Å². The summed E-state index contributed by atoms with van der Waals surface area (Å²) in [5, 5.41) is 2.23. The van der Waals surface area contributed by atoms with Gasteiger partial charge in [0.1, 0.15) is 0 Å². The molecular weight excluding hydrogens is 338 g/mol. The Balaban J connectivity index is 2.35. The molecule has 0 aliphatic heterocycles. The van der Waals surface area contributed by atoms with Crippen LogP contribution in [0.1, 0.15) is 28.5 Å². The Kier molecular flexibility index (Phi) is 5.01. The van der Waals surface area contributed by atoms with E-state index in [-0.39, 0.29) is 16.5 Å². The Labute approximate surface area is 139 Å². The Hall–Kier alpha value is -1.99. The average molecular weight is 354 g/mol. The van der Waals surface area contributed by atoms with Gasteiger partial charge >= 0.3 is 0 Å². The van der Waals surface area contributed by atoms with Gasteiger partial charge < -0.3 is 5.32 Å². The van der Waals surface area contributed by atoms with E-state index in [4.69, 9.17) is 11.6 Å². The molecule has 8 heteroatoms. The lowest BCUT2D eigenvalue weighted by molar-refractivity contribution is 0.102. The van der Waals surface area contributed by atoms with E-state index in [1.807, 2.05) is 26.0 Å². The molecule has 1 N–H and O–H groups in total. The standard InChI is InChI=1S/C15H16ClN3O3S/c1-4-23(21,22)15-17-8-12(16)13(19-15)14(20)18-11-6-5-9(2)10(3)7-11/h5-8H,4H2,1-3H3,(H,18,20). The van der Waals surface area contributed by atoms with Crippen LogP contribution < -0.4 is 5.32 Å². The molecule has 6 nitrogen and oxygen atoms in total. The first-order valence-corrected chi connectivity index (χ1v) is 8.91. The van der Waals surface area contributed by atoms with Gasteiger partial charge in [-0.15, -0.1) is 0 Å². The van der Waals surface area contributed by atoms with Gasteiger partial charge in [0.05, 0.1) is 17.0 Å². The van der Waals surface area contributed by atoms with Gasteiger partial charge in [0.2, 0.25) is 15.0 Å². The van der Waals surface area contributed by atoms with E-state index in [0.29, 0.717) is 5.69 Å². The van der Waals surface area contributed by atoms with Gasteiger partial charge in [-0.2, -0.15) is 0 Å². The van der Waals surface area contributed by atoms with Crippen molar-refractivity contribution in [2.24, 2.45) is 0 Å². The van der Waals surface area contributed by atoms with Crippen LogP contribution in [-0.4, -0.2) is 30.0 Å². The number of aryl methyl sites for hydroxylation is 2. The number of carbonyl (C=O) groups excluding carboxylic acids is 1. The number of nitrogens with zero attached hydrogens (tertiary/aromatic N) is 2. The van der Waals surface area contributed by atoms with Crippen molar-refractivity contribution in [2.75, 3.05) is 11.1 Å². The van der Waals surface area contributed by atoms with Crippen molar-refractivity contribution in [2.45, 2.75) is 25.9 Å². The highest BCUT2D eigenvalue weighted by molar-refractivity contribution is 7.91. The minimum absolute atomic E-state index is 0.0126. The van der Waals surface area contributed by atoms with Crippen molar-refractivity contribution >= 4 is 33.0 Å². The van der Waals surface area contributed by atoms with Crippen LogP contribution in [-0.2, 0) is 9.84 Å². The van der Waals surface area contributed by atoms with Crippen molar-refractivity contribution in [3.63, 3.8) is 0 Å². The maximum atomic E-state index is 12.3. The van der Waals surface area contributed by atoms with Crippen LogP contribution in [0.5, 0.6) is 0 Å². The molecule has 0 unspecified atom stereocenters. The predicted octanol–water partition coefficient (Wildman–Crippen LogP) is 2.79. The van der Waals surface area contributed by atoms with Crippen LogP contribution >= 0.6 is 11.6 Å². The Bertz CT molecular complexity index is 866. The largest absolute Gasteiger partial charge is 0.321 e. The van der Waals surface area contributed by atoms with Crippen molar-refractivity contribution in [1.29, 1.82) is 0 Å².